The molecule has 0 bridgehead atoms. The van der Waals surface area contributed by atoms with Crippen molar-refractivity contribution in [1.29, 1.82) is 0 Å². The average Bonchev–Trinajstić information content (AvgIpc) is 3.09. The van der Waals surface area contributed by atoms with Gasteiger partial charge in [-0.1, -0.05) is 0 Å². The molecule has 1 aromatic heterocycles. The molecule has 2 N–H and O–H groups in total. The van der Waals surface area contributed by atoms with Crippen LogP contribution in [0.3, 0.4) is 0 Å². The standard InChI is InChI=1S/C17H18N2O6/c1-10(2-5-14(20)21)19-17(22)15-16(25-9-18-15)11-3-4-12-13(8-11)24-7-6-23-12/h3-4,8-10H,2,5-7H2,1H3,(H,19,22)(H,20,21). The van der Waals surface area contributed by atoms with Crippen molar-refractivity contribution in [1.82, 2.24) is 10.3 Å². The predicted molar refractivity (Wildman–Crippen MR) is 86.7 cm³/mol. The number of nitrogens with one attached hydrogen (secondary N) is 1. The van der Waals surface area contributed by atoms with E-state index in [9.17, 15) is 9.59 Å². The molecular formula is C17H18N2O6. The Hall–Kier alpha value is -3.03. The van der Waals surface area contributed by atoms with Gasteiger partial charge in [-0.2, -0.15) is 0 Å². The Morgan fingerprint density at radius 3 is 2.80 bits per heavy atom. The summed E-state index contributed by atoms with van der Waals surface area (Å²) < 4.78 is 16.4. The summed E-state index contributed by atoms with van der Waals surface area (Å²) in [7, 11) is 0. The Labute approximate surface area is 143 Å². The van der Waals surface area contributed by atoms with Crippen LogP contribution < -0.4 is 14.8 Å². The van der Waals surface area contributed by atoms with Gasteiger partial charge in [-0.25, -0.2) is 4.98 Å². The molecule has 2 heterocycles. The van der Waals surface area contributed by atoms with Crippen molar-refractivity contribution in [2.24, 2.45) is 0 Å². The summed E-state index contributed by atoms with van der Waals surface area (Å²) in [6, 6.07) is 4.95. The molecule has 0 radical (unpaired) electrons. The number of amides is 1. The smallest absolute Gasteiger partial charge is 0.303 e. The van der Waals surface area contributed by atoms with E-state index in [1.165, 1.54) is 6.39 Å². The number of ether oxygens (including phenoxy) is 2. The fraction of sp³-hybridized carbons (Fsp3) is 0.353. The van der Waals surface area contributed by atoms with E-state index in [0.29, 0.717) is 42.5 Å². The molecule has 0 spiro atoms. The van der Waals surface area contributed by atoms with Gasteiger partial charge in [0.1, 0.15) is 13.2 Å². The van der Waals surface area contributed by atoms with E-state index in [0.717, 1.165) is 0 Å². The summed E-state index contributed by atoms with van der Waals surface area (Å²) in [6.45, 7) is 2.70. The highest BCUT2D eigenvalue weighted by molar-refractivity contribution is 5.97. The van der Waals surface area contributed by atoms with Crippen molar-refractivity contribution in [2.45, 2.75) is 25.8 Å². The van der Waals surface area contributed by atoms with Crippen molar-refractivity contribution in [3.8, 4) is 22.8 Å². The number of hydrogen-bond donors (Lipinski definition) is 2. The first-order valence-electron chi connectivity index (χ1n) is 7.90. The number of carboxylic acids is 1. The second kappa shape index (κ2) is 7.25. The lowest BCUT2D eigenvalue weighted by molar-refractivity contribution is -0.137. The van der Waals surface area contributed by atoms with E-state index in [4.69, 9.17) is 19.0 Å². The maximum absolute atomic E-state index is 12.4. The van der Waals surface area contributed by atoms with Gasteiger partial charge in [-0.05, 0) is 31.5 Å². The SMILES string of the molecule is CC(CCC(=O)O)NC(=O)c1ncoc1-c1ccc2c(c1)OCCO2. The maximum Gasteiger partial charge on any atom is 0.303 e. The van der Waals surface area contributed by atoms with Crippen LogP contribution in [0.15, 0.2) is 29.0 Å². The Kier molecular flexibility index (Phi) is 4.87. The van der Waals surface area contributed by atoms with Crippen LogP contribution in [-0.2, 0) is 4.79 Å². The fourth-order valence-corrected chi connectivity index (χ4v) is 2.50. The lowest BCUT2D eigenvalue weighted by Gasteiger charge is -2.18. The largest absolute Gasteiger partial charge is 0.486 e. The monoisotopic (exact) mass is 346 g/mol. The molecule has 8 heteroatoms. The summed E-state index contributed by atoms with van der Waals surface area (Å²) in [5.41, 5.74) is 0.781. The fourth-order valence-electron chi connectivity index (χ4n) is 2.50. The zero-order chi connectivity index (χ0) is 17.8. The van der Waals surface area contributed by atoms with E-state index in [2.05, 4.69) is 10.3 Å². The molecule has 2 aromatic rings. The van der Waals surface area contributed by atoms with Crippen LogP contribution in [0.2, 0.25) is 0 Å². The number of oxazole rings is 1. The molecule has 0 saturated carbocycles. The van der Waals surface area contributed by atoms with E-state index in [1.807, 2.05) is 0 Å². The number of rotatable bonds is 6. The topological polar surface area (TPSA) is 111 Å². The zero-order valence-corrected chi connectivity index (χ0v) is 13.7. The van der Waals surface area contributed by atoms with Gasteiger partial charge >= 0.3 is 5.97 Å². The Morgan fingerprint density at radius 2 is 2.04 bits per heavy atom. The van der Waals surface area contributed by atoms with Gasteiger partial charge in [0.25, 0.3) is 5.91 Å². The molecule has 25 heavy (non-hydrogen) atoms. The molecule has 1 amide bonds. The normalized spacial score (nSPS) is 14.0. The molecule has 1 aliphatic rings. The number of carbonyl (C=O) groups is 2. The van der Waals surface area contributed by atoms with E-state index in [-0.39, 0.29) is 18.2 Å². The third-order valence-electron chi connectivity index (χ3n) is 3.76. The minimum Gasteiger partial charge on any atom is -0.486 e. The highest BCUT2D eigenvalue weighted by Gasteiger charge is 2.22. The number of hydrogen-bond acceptors (Lipinski definition) is 6. The summed E-state index contributed by atoms with van der Waals surface area (Å²) in [5, 5.41) is 11.4. The lowest BCUT2D eigenvalue weighted by atomic mass is 10.1. The predicted octanol–water partition coefficient (Wildman–Crippen LogP) is 2.10. The van der Waals surface area contributed by atoms with Crippen LogP contribution >= 0.6 is 0 Å². The van der Waals surface area contributed by atoms with Crippen molar-refractivity contribution < 1.29 is 28.6 Å². The highest BCUT2D eigenvalue weighted by atomic mass is 16.6. The van der Waals surface area contributed by atoms with Gasteiger partial charge in [0.05, 0.1) is 0 Å². The maximum atomic E-state index is 12.4. The van der Waals surface area contributed by atoms with Crippen LogP contribution in [0.1, 0.15) is 30.3 Å². The van der Waals surface area contributed by atoms with Gasteiger partial charge in [-0.3, -0.25) is 9.59 Å². The zero-order valence-electron chi connectivity index (χ0n) is 13.7. The van der Waals surface area contributed by atoms with Gasteiger partial charge < -0.3 is 24.3 Å². The van der Waals surface area contributed by atoms with Crippen LogP contribution in [0, 0.1) is 0 Å². The molecule has 1 aromatic carbocycles. The van der Waals surface area contributed by atoms with Crippen LogP contribution in [0.5, 0.6) is 11.5 Å². The van der Waals surface area contributed by atoms with E-state index >= 15 is 0 Å². The number of carbonyl (C=O) groups excluding carboxylic acids is 1. The molecular weight excluding hydrogens is 328 g/mol. The highest BCUT2D eigenvalue weighted by Crippen LogP contribution is 2.35. The summed E-state index contributed by atoms with van der Waals surface area (Å²) in [6.07, 6.45) is 1.51. The van der Waals surface area contributed by atoms with Crippen LogP contribution in [0.4, 0.5) is 0 Å². The van der Waals surface area contributed by atoms with E-state index in [1.54, 1.807) is 25.1 Å². The minimum atomic E-state index is -0.903. The molecule has 1 unspecified atom stereocenters. The molecule has 0 fully saturated rings. The summed E-state index contributed by atoms with van der Waals surface area (Å²) in [5.74, 6) is 0.222. The number of carboxylic acid groups (broad SMARTS) is 1. The summed E-state index contributed by atoms with van der Waals surface area (Å²) >= 11 is 0. The molecule has 132 valence electrons. The second-order valence-corrected chi connectivity index (χ2v) is 5.70. The number of nitrogens with zero attached hydrogens (tertiary/aromatic N) is 1. The Balaban J connectivity index is 1.76. The third kappa shape index (κ3) is 3.90. The van der Waals surface area contributed by atoms with E-state index < -0.39 is 11.9 Å². The number of aromatic nitrogens is 1. The van der Waals surface area contributed by atoms with Gasteiger partial charge in [-0.15, -0.1) is 0 Å². The van der Waals surface area contributed by atoms with Crippen molar-refractivity contribution in [3.63, 3.8) is 0 Å². The number of aliphatic carboxylic acids is 1. The van der Waals surface area contributed by atoms with Crippen molar-refractivity contribution in [3.05, 3.63) is 30.3 Å². The molecule has 1 aliphatic heterocycles. The molecule has 8 nitrogen and oxygen atoms in total. The first kappa shape index (κ1) is 16.8. The van der Waals surface area contributed by atoms with Crippen LogP contribution in [0.25, 0.3) is 11.3 Å². The summed E-state index contributed by atoms with van der Waals surface area (Å²) in [4.78, 5) is 27.0. The number of benzene rings is 1. The van der Waals surface area contributed by atoms with Crippen molar-refractivity contribution in [2.75, 3.05) is 13.2 Å². The van der Waals surface area contributed by atoms with Crippen molar-refractivity contribution >= 4 is 11.9 Å². The Morgan fingerprint density at radius 1 is 1.28 bits per heavy atom. The Bertz CT molecular complexity index is 785. The van der Waals surface area contributed by atoms with Gasteiger partial charge in [0, 0.05) is 18.0 Å². The molecule has 3 rings (SSSR count). The average molecular weight is 346 g/mol. The number of fused-ring (bicyclic) bond motifs is 1. The first-order chi connectivity index (χ1) is 12.0. The van der Waals surface area contributed by atoms with Gasteiger partial charge in [0.2, 0.25) is 0 Å². The van der Waals surface area contributed by atoms with Crippen LogP contribution in [-0.4, -0.2) is 41.2 Å². The quantitative estimate of drug-likeness (QED) is 0.824. The first-order valence-corrected chi connectivity index (χ1v) is 7.90. The van der Waals surface area contributed by atoms with Gasteiger partial charge in [0.15, 0.2) is 29.3 Å². The molecule has 0 saturated heterocycles. The third-order valence-corrected chi connectivity index (χ3v) is 3.76. The molecule has 0 aliphatic carbocycles. The minimum absolute atomic E-state index is 0.0186. The second-order valence-electron chi connectivity index (χ2n) is 5.70. The molecule has 1 atom stereocenters. The lowest BCUT2D eigenvalue weighted by Crippen LogP contribution is -2.33.